The quantitative estimate of drug-likeness (QED) is 0.378. The number of piperidine rings is 2. The minimum atomic E-state index is -0.846. The number of nitrogens with zero attached hydrogens (tertiary/aromatic N) is 2. The molecule has 0 atom stereocenters. The first-order valence-electron chi connectivity index (χ1n) is 13.0. The number of hydrogen-bond acceptors (Lipinski definition) is 5. The highest BCUT2D eigenvalue weighted by molar-refractivity contribution is 9.09. The molecule has 0 unspecified atom stereocenters. The third-order valence-electron chi connectivity index (χ3n) is 6.71. The molecule has 0 saturated carbocycles. The molecule has 2 aliphatic heterocycles. The predicted molar refractivity (Wildman–Crippen MR) is 142 cm³/mol. The van der Waals surface area contributed by atoms with E-state index in [-0.39, 0.29) is 6.09 Å². The summed E-state index contributed by atoms with van der Waals surface area (Å²) in [5.41, 5.74) is 0.729. The fourth-order valence-corrected chi connectivity index (χ4v) is 4.81. The van der Waals surface area contributed by atoms with E-state index in [9.17, 15) is 9.59 Å². The molecule has 2 fully saturated rings. The molecule has 1 N–H and O–H groups in total. The van der Waals surface area contributed by atoms with E-state index in [1.165, 1.54) is 10.5 Å². The Hall–Kier alpha value is -2.16. The number of alkyl halides is 1. The Morgan fingerprint density at radius 3 is 2.03 bits per heavy atom. The molecule has 2 heterocycles. The van der Waals surface area contributed by atoms with E-state index in [1.807, 2.05) is 26.8 Å². The van der Waals surface area contributed by atoms with E-state index in [0.717, 1.165) is 55.4 Å². The number of rotatable bonds is 9. The van der Waals surface area contributed by atoms with Crippen LogP contribution in [0.15, 0.2) is 18.2 Å². The van der Waals surface area contributed by atoms with Gasteiger partial charge in [0.2, 0.25) is 0 Å². The zero-order valence-electron chi connectivity index (χ0n) is 21.8. The summed E-state index contributed by atoms with van der Waals surface area (Å²) in [4.78, 5) is 26.7. The topological polar surface area (TPSA) is 88.5 Å². The van der Waals surface area contributed by atoms with Gasteiger partial charge in [0.25, 0.3) is 0 Å². The summed E-state index contributed by atoms with van der Waals surface area (Å²) in [6.45, 7) is 9.25. The van der Waals surface area contributed by atoms with Crippen LogP contribution in [0.1, 0.15) is 58.4 Å². The van der Waals surface area contributed by atoms with Crippen molar-refractivity contribution < 1.29 is 28.9 Å². The van der Waals surface area contributed by atoms with Crippen molar-refractivity contribution >= 4 is 28.1 Å². The van der Waals surface area contributed by atoms with Gasteiger partial charge in [-0.25, -0.2) is 9.59 Å². The second kappa shape index (κ2) is 13.4. The molecular weight excluding hydrogens is 528 g/mol. The number of amides is 2. The second-order valence-electron chi connectivity index (χ2n) is 10.8. The average Bonchev–Trinajstić information content (AvgIpc) is 2.85. The molecule has 2 aliphatic rings. The van der Waals surface area contributed by atoms with Gasteiger partial charge in [0.05, 0.1) is 13.2 Å². The minimum absolute atomic E-state index is 0.244. The first-order chi connectivity index (χ1) is 17.1. The number of carbonyl (C=O) groups is 2. The molecule has 1 aromatic carbocycles. The summed E-state index contributed by atoms with van der Waals surface area (Å²) in [7, 11) is 0. The predicted octanol–water partition coefficient (Wildman–Crippen LogP) is 5.81. The zero-order valence-corrected chi connectivity index (χ0v) is 23.4. The molecule has 9 heteroatoms. The third-order valence-corrected chi connectivity index (χ3v) is 7.27. The molecule has 2 amide bonds. The molecule has 2 saturated heterocycles. The van der Waals surface area contributed by atoms with Crippen molar-refractivity contribution in [3.63, 3.8) is 0 Å². The second-order valence-corrected chi connectivity index (χ2v) is 11.6. The highest BCUT2D eigenvalue weighted by Crippen LogP contribution is 2.32. The van der Waals surface area contributed by atoms with Crippen LogP contribution in [0.25, 0.3) is 0 Å². The number of carbonyl (C=O) groups excluding carboxylic acids is 1. The summed E-state index contributed by atoms with van der Waals surface area (Å²) in [5.74, 6) is 2.20. The maximum absolute atomic E-state index is 12.3. The molecule has 202 valence electrons. The van der Waals surface area contributed by atoms with Crippen LogP contribution in [0.2, 0.25) is 0 Å². The summed E-state index contributed by atoms with van der Waals surface area (Å²) in [5, 5.41) is 10.1. The SMILES string of the molecule is CC(C)(C)OC(=O)N1CCC(COc2cc(CCCBr)ccc2OCC2CCN(C(=O)O)CC2)CC1. The summed E-state index contributed by atoms with van der Waals surface area (Å²) in [6, 6.07) is 6.18. The first-order valence-corrected chi connectivity index (χ1v) is 14.2. The molecule has 0 spiro atoms. The lowest BCUT2D eigenvalue weighted by molar-refractivity contribution is 0.0164. The lowest BCUT2D eigenvalue weighted by Crippen LogP contribution is -2.42. The van der Waals surface area contributed by atoms with E-state index in [2.05, 4.69) is 28.1 Å². The number of ether oxygens (including phenoxy) is 3. The fraction of sp³-hybridized carbons (Fsp3) is 0.704. The van der Waals surface area contributed by atoms with Crippen molar-refractivity contribution in [3.05, 3.63) is 23.8 Å². The summed E-state index contributed by atoms with van der Waals surface area (Å²) in [6.07, 6.45) is 4.29. The Labute approximate surface area is 223 Å². The van der Waals surface area contributed by atoms with E-state index in [4.69, 9.17) is 19.3 Å². The Kier molecular flexibility index (Phi) is 10.6. The molecule has 36 heavy (non-hydrogen) atoms. The van der Waals surface area contributed by atoms with Crippen molar-refractivity contribution in [3.8, 4) is 11.5 Å². The number of benzene rings is 1. The molecule has 3 rings (SSSR count). The smallest absolute Gasteiger partial charge is 0.410 e. The maximum Gasteiger partial charge on any atom is 0.410 e. The van der Waals surface area contributed by atoms with Crippen molar-refractivity contribution in [2.75, 3.05) is 44.7 Å². The Bertz CT molecular complexity index is 858. The summed E-state index contributed by atoms with van der Waals surface area (Å²) >= 11 is 3.50. The maximum atomic E-state index is 12.3. The number of aryl methyl sites for hydroxylation is 1. The van der Waals surface area contributed by atoms with E-state index >= 15 is 0 Å². The van der Waals surface area contributed by atoms with Crippen LogP contribution in [-0.4, -0.2) is 77.4 Å². The highest BCUT2D eigenvalue weighted by Gasteiger charge is 2.27. The normalized spacial score (nSPS) is 17.7. The highest BCUT2D eigenvalue weighted by atomic mass is 79.9. The molecule has 0 aromatic heterocycles. The van der Waals surface area contributed by atoms with E-state index in [0.29, 0.717) is 51.2 Å². The lowest BCUT2D eigenvalue weighted by Gasteiger charge is -2.33. The van der Waals surface area contributed by atoms with Gasteiger partial charge in [-0.2, -0.15) is 0 Å². The van der Waals surface area contributed by atoms with Crippen molar-refractivity contribution in [2.24, 2.45) is 11.8 Å². The Morgan fingerprint density at radius 2 is 1.50 bits per heavy atom. The van der Waals surface area contributed by atoms with Gasteiger partial charge in [-0.3, -0.25) is 0 Å². The van der Waals surface area contributed by atoms with E-state index < -0.39 is 11.7 Å². The van der Waals surface area contributed by atoms with Crippen LogP contribution >= 0.6 is 15.9 Å². The average molecular weight is 570 g/mol. The standard InChI is InChI=1S/C27H41BrN2O6/c1-27(2,3)36-26(33)30-15-10-22(11-16-30)19-35-24-17-20(5-4-12-28)6-7-23(24)34-18-21-8-13-29(14-9-21)25(31)32/h6-7,17,21-22H,4-5,8-16,18-19H2,1-3H3,(H,31,32). The van der Waals surface area contributed by atoms with Gasteiger partial charge >= 0.3 is 12.2 Å². The van der Waals surface area contributed by atoms with Crippen LogP contribution in [0.3, 0.4) is 0 Å². The molecule has 0 aliphatic carbocycles. The van der Waals surface area contributed by atoms with Crippen LogP contribution in [0.4, 0.5) is 9.59 Å². The number of halogens is 1. The largest absolute Gasteiger partial charge is 0.489 e. The summed E-state index contributed by atoms with van der Waals surface area (Å²) < 4.78 is 18.0. The minimum Gasteiger partial charge on any atom is -0.489 e. The van der Waals surface area contributed by atoms with Crippen LogP contribution in [-0.2, 0) is 11.2 Å². The third kappa shape index (κ3) is 9.05. The van der Waals surface area contributed by atoms with Crippen molar-refractivity contribution in [1.29, 1.82) is 0 Å². The van der Waals surface area contributed by atoms with Crippen LogP contribution in [0, 0.1) is 11.8 Å². The number of carboxylic acid groups (broad SMARTS) is 1. The van der Waals surface area contributed by atoms with Gasteiger partial charge in [0.15, 0.2) is 11.5 Å². The lowest BCUT2D eigenvalue weighted by atomic mass is 9.98. The fourth-order valence-electron chi connectivity index (χ4n) is 4.53. The van der Waals surface area contributed by atoms with E-state index in [1.54, 1.807) is 4.90 Å². The monoisotopic (exact) mass is 568 g/mol. The molecule has 0 bridgehead atoms. The van der Waals surface area contributed by atoms with Gasteiger partial charge in [0.1, 0.15) is 5.60 Å². The van der Waals surface area contributed by atoms with Crippen molar-refractivity contribution in [2.45, 2.75) is 64.9 Å². The molecule has 8 nitrogen and oxygen atoms in total. The zero-order chi connectivity index (χ0) is 26.1. The van der Waals surface area contributed by atoms with Gasteiger partial charge in [0, 0.05) is 31.5 Å². The molecule has 1 aromatic rings. The Morgan fingerprint density at radius 1 is 0.944 bits per heavy atom. The van der Waals surface area contributed by atoms with Gasteiger partial charge < -0.3 is 29.1 Å². The first kappa shape index (κ1) is 28.4. The number of likely N-dealkylation sites (tertiary alicyclic amines) is 2. The van der Waals surface area contributed by atoms with Crippen LogP contribution in [0.5, 0.6) is 11.5 Å². The van der Waals surface area contributed by atoms with Gasteiger partial charge in [-0.15, -0.1) is 0 Å². The van der Waals surface area contributed by atoms with Gasteiger partial charge in [-0.1, -0.05) is 22.0 Å². The van der Waals surface area contributed by atoms with Gasteiger partial charge in [-0.05, 0) is 88.8 Å². The number of hydrogen-bond donors (Lipinski definition) is 1. The Balaban J connectivity index is 1.53. The molecule has 0 radical (unpaired) electrons. The van der Waals surface area contributed by atoms with Crippen LogP contribution < -0.4 is 9.47 Å². The van der Waals surface area contributed by atoms with Crippen molar-refractivity contribution in [1.82, 2.24) is 9.80 Å². The molecular formula is C27H41BrN2O6.